The number of rotatable bonds is 10. The molecule has 0 aliphatic carbocycles. The van der Waals surface area contributed by atoms with E-state index in [0.29, 0.717) is 45.1 Å². The molecule has 0 unspecified atom stereocenters. The highest BCUT2D eigenvalue weighted by Crippen LogP contribution is 2.23. The molecule has 0 saturated carbocycles. The Morgan fingerprint density at radius 3 is 2.37 bits per heavy atom. The number of piperazine rings is 1. The molecule has 1 aromatic heterocycles. The maximum atomic E-state index is 13.2. The Kier molecular flexibility index (Phi) is 9.30. The van der Waals surface area contributed by atoms with Crippen LogP contribution in [0.4, 0.5) is 5.82 Å². The second kappa shape index (κ2) is 13.0. The van der Waals surface area contributed by atoms with Crippen molar-refractivity contribution in [1.29, 1.82) is 0 Å². The van der Waals surface area contributed by atoms with Gasteiger partial charge in [-0.15, -0.1) is 10.2 Å². The molecule has 1 saturated heterocycles. The molecule has 200 valence electrons. The van der Waals surface area contributed by atoms with Gasteiger partial charge in [-0.05, 0) is 42.2 Å². The topological polar surface area (TPSA) is 78.9 Å². The van der Waals surface area contributed by atoms with Crippen LogP contribution in [-0.2, 0) is 16.0 Å². The number of amides is 2. The maximum absolute atomic E-state index is 13.2. The molecule has 0 bridgehead atoms. The molecule has 2 aromatic carbocycles. The van der Waals surface area contributed by atoms with E-state index in [1.54, 1.807) is 12.0 Å². The lowest BCUT2D eigenvalue weighted by molar-refractivity contribution is -0.140. The van der Waals surface area contributed by atoms with Crippen LogP contribution in [0.2, 0.25) is 0 Å². The molecule has 38 heavy (non-hydrogen) atoms. The summed E-state index contributed by atoms with van der Waals surface area (Å²) >= 11 is 0. The quantitative estimate of drug-likeness (QED) is 0.407. The Balaban J connectivity index is 1.32. The summed E-state index contributed by atoms with van der Waals surface area (Å²) in [6, 6.07) is 21.4. The number of anilines is 1. The van der Waals surface area contributed by atoms with Crippen LogP contribution in [0, 0.1) is 5.92 Å². The van der Waals surface area contributed by atoms with Crippen molar-refractivity contribution < 1.29 is 14.3 Å². The first kappa shape index (κ1) is 27.1. The van der Waals surface area contributed by atoms with Gasteiger partial charge in [0.1, 0.15) is 5.75 Å². The largest absolute Gasteiger partial charge is 0.497 e. The van der Waals surface area contributed by atoms with E-state index in [4.69, 9.17) is 4.74 Å². The number of nitrogens with zero attached hydrogens (tertiary/aromatic N) is 5. The maximum Gasteiger partial charge on any atom is 0.242 e. The lowest BCUT2D eigenvalue weighted by Gasteiger charge is -2.36. The van der Waals surface area contributed by atoms with Gasteiger partial charge in [0.15, 0.2) is 5.82 Å². The summed E-state index contributed by atoms with van der Waals surface area (Å²) < 4.78 is 5.30. The molecular formula is C30H37N5O3. The van der Waals surface area contributed by atoms with Crippen LogP contribution in [-0.4, -0.2) is 78.2 Å². The minimum Gasteiger partial charge on any atom is -0.497 e. The Morgan fingerprint density at radius 1 is 0.947 bits per heavy atom. The molecule has 1 aliphatic rings. The van der Waals surface area contributed by atoms with Gasteiger partial charge in [-0.25, -0.2) is 0 Å². The van der Waals surface area contributed by atoms with Gasteiger partial charge >= 0.3 is 0 Å². The van der Waals surface area contributed by atoms with E-state index in [1.807, 2.05) is 71.6 Å². The molecule has 3 aromatic rings. The van der Waals surface area contributed by atoms with Gasteiger partial charge < -0.3 is 19.4 Å². The lowest BCUT2D eigenvalue weighted by atomic mass is 10.1. The van der Waals surface area contributed by atoms with Crippen molar-refractivity contribution in [3.8, 4) is 17.0 Å². The van der Waals surface area contributed by atoms with E-state index in [9.17, 15) is 9.59 Å². The predicted octanol–water partition coefficient (Wildman–Crippen LogP) is 3.92. The van der Waals surface area contributed by atoms with Crippen LogP contribution in [0.15, 0.2) is 66.7 Å². The first-order valence-corrected chi connectivity index (χ1v) is 13.3. The molecule has 1 aliphatic heterocycles. The first-order valence-electron chi connectivity index (χ1n) is 13.3. The molecular weight excluding hydrogens is 478 g/mol. The molecule has 1 fully saturated rings. The molecule has 8 nitrogen and oxygen atoms in total. The SMILES string of the molecule is COc1cccc(-c2ccc(N3CCN(C(=O)CN(CCC(C)C)C(=O)Cc4ccccc4)CC3)nn2)c1. The molecule has 4 rings (SSSR count). The van der Waals surface area contributed by atoms with Crippen LogP contribution >= 0.6 is 0 Å². The summed E-state index contributed by atoms with van der Waals surface area (Å²) in [5.41, 5.74) is 2.69. The number of aromatic nitrogens is 2. The van der Waals surface area contributed by atoms with E-state index in [1.165, 1.54) is 0 Å². The van der Waals surface area contributed by atoms with Crippen LogP contribution in [0.1, 0.15) is 25.8 Å². The third-order valence-electron chi connectivity index (χ3n) is 6.83. The highest BCUT2D eigenvalue weighted by atomic mass is 16.5. The standard InChI is InChI=1S/C30H37N5O3/c1-23(2)14-15-35(29(36)20-24-8-5-4-6-9-24)22-30(37)34-18-16-33(17-19-34)28-13-12-27(31-32-28)25-10-7-11-26(21-25)38-3/h4-13,21,23H,14-20,22H2,1-3H3. The van der Waals surface area contributed by atoms with Crippen molar-refractivity contribution in [2.45, 2.75) is 26.7 Å². The summed E-state index contributed by atoms with van der Waals surface area (Å²) in [4.78, 5) is 32.0. The number of ether oxygens (including phenoxy) is 1. The smallest absolute Gasteiger partial charge is 0.242 e. The average molecular weight is 516 g/mol. The van der Waals surface area contributed by atoms with Gasteiger partial charge in [0.2, 0.25) is 11.8 Å². The van der Waals surface area contributed by atoms with Gasteiger partial charge in [-0.1, -0.05) is 56.3 Å². The summed E-state index contributed by atoms with van der Waals surface area (Å²) in [7, 11) is 1.64. The monoisotopic (exact) mass is 515 g/mol. The van der Waals surface area contributed by atoms with Crippen molar-refractivity contribution in [2.75, 3.05) is 51.3 Å². The fourth-order valence-corrected chi connectivity index (χ4v) is 4.47. The van der Waals surface area contributed by atoms with E-state index in [0.717, 1.165) is 34.8 Å². The van der Waals surface area contributed by atoms with Gasteiger partial charge in [0.25, 0.3) is 0 Å². The summed E-state index contributed by atoms with van der Waals surface area (Å²) in [6.45, 7) is 7.48. The van der Waals surface area contributed by atoms with E-state index < -0.39 is 0 Å². The first-order chi connectivity index (χ1) is 18.4. The third-order valence-corrected chi connectivity index (χ3v) is 6.83. The second-order valence-corrected chi connectivity index (χ2v) is 10.0. The fourth-order valence-electron chi connectivity index (χ4n) is 4.47. The van der Waals surface area contributed by atoms with Crippen molar-refractivity contribution in [1.82, 2.24) is 20.0 Å². The van der Waals surface area contributed by atoms with Crippen LogP contribution < -0.4 is 9.64 Å². The number of methoxy groups -OCH3 is 1. The Bertz CT molecular complexity index is 1190. The number of carbonyl (C=O) groups is 2. The zero-order valence-electron chi connectivity index (χ0n) is 22.5. The Morgan fingerprint density at radius 2 is 1.71 bits per heavy atom. The van der Waals surface area contributed by atoms with Crippen LogP contribution in [0.25, 0.3) is 11.3 Å². The van der Waals surface area contributed by atoms with Crippen LogP contribution in [0.3, 0.4) is 0 Å². The molecule has 2 amide bonds. The fraction of sp³-hybridized carbons (Fsp3) is 0.400. The zero-order valence-corrected chi connectivity index (χ0v) is 22.5. The molecule has 0 spiro atoms. The molecule has 0 N–H and O–H groups in total. The number of carbonyl (C=O) groups excluding carboxylic acids is 2. The Labute approximate surface area is 225 Å². The third kappa shape index (κ3) is 7.31. The summed E-state index contributed by atoms with van der Waals surface area (Å²) in [5, 5.41) is 8.84. The highest BCUT2D eigenvalue weighted by molar-refractivity contribution is 5.86. The van der Waals surface area contributed by atoms with E-state index in [2.05, 4.69) is 28.9 Å². The van der Waals surface area contributed by atoms with Crippen molar-refractivity contribution in [2.24, 2.45) is 5.92 Å². The van der Waals surface area contributed by atoms with Crippen molar-refractivity contribution in [3.63, 3.8) is 0 Å². The number of hydrogen-bond acceptors (Lipinski definition) is 6. The number of hydrogen-bond donors (Lipinski definition) is 0. The van der Waals surface area contributed by atoms with Gasteiger partial charge in [0, 0.05) is 38.3 Å². The average Bonchev–Trinajstić information content (AvgIpc) is 2.95. The molecule has 8 heteroatoms. The normalized spacial score (nSPS) is 13.5. The second-order valence-electron chi connectivity index (χ2n) is 10.0. The van der Waals surface area contributed by atoms with Gasteiger partial charge in [0.05, 0.1) is 25.8 Å². The summed E-state index contributed by atoms with van der Waals surface area (Å²) in [5.74, 6) is 2.01. The minimum atomic E-state index is -0.00530. The molecule has 0 radical (unpaired) electrons. The molecule has 0 atom stereocenters. The van der Waals surface area contributed by atoms with Crippen molar-refractivity contribution >= 4 is 17.6 Å². The van der Waals surface area contributed by atoms with E-state index in [-0.39, 0.29) is 18.4 Å². The number of benzene rings is 2. The van der Waals surface area contributed by atoms with Gasteiger partial charge in [-0.2, -0.15) is 0 Å². The minimum absolute atomic E-state index is 0.00441. The zero-order chi connectivity index (χ0) is 26.9. The van der Waals surface area contributed by atoms with E-state index >= 15 is 0 Å². The lowest BCUT2D eigenvalue weighted by Crippen LogP contribution is -2.52. The summed E-state index contributed by atoms with van der Waals surface area (Å²) in [6.07, 6.45) is 1.18. The predicted molar refractivity (Wildman–Crippen MR) is 149 cm³/mol. The van der Waals surface area contributed by atoms with Gasteiger partial charge in [-0.3, -0.25) is 9.59 Å². The van der Waals surface area contributed by atoms with Crippen LogP contribution in [0.5, 0.6) is 5.75 Å². The Hall–Kier alpha value is -3.94. The highest BCUT2D eigenvalue weighted by Gasteiger charge is 2.25. The van der Waals surface area contributed by atoms with Crippen molar-refractivity contribution in [3.05, 3.63) is 72.3 Å². The molecule has 2 heterocycles.